The molecule has 7 nitrogen and oxygen atoms in total. The van der Waals surface area contributed by atoms with Crippen molar-refractivity contribution in [1.82, 2.24) is 24.8 Å². The molecule has 3 heterocycles. The molecule has 0 aliphatic rings. The highest BCUT2D eigenvalue weighted by molar-refractivity contribution is 5.61. The molecule has 0 saturated carbocycles. The van der Waals surface area contributed by atoms with Crippen molar-refractivity contribution in [2.75, 3.05) is 19.1 Å². The fourth-order valence-corrected chi connectivity index (χ4v) is 2.55. The molecular weight excluding hydrogens is 316 g/mol. The fourth-order valence-electron chi connectivity index (χ4n) is 2.55. The van der Waals surface area contributed by atoms with Crippen molar-refractivity contribution in [3.63, 3.8) is 0 Å². The lowest BCUT2D eigenvalue weighted by atomic mass is 10.3. The first-order valence-electron chi connectivity index (χ1n) is 7.79. The lowest BCUT2D eigenvalue weighted by Crippen LogP contribution is -2.13. The summed E-state index contributed by atoms with van der Waals surface area (Å²) in [6.07, 6.45) is 0. The second-order valence-corrected chi connectivity index (χ2v) is 5.44. The van der Waals surface area contributed by atoms with E-state index < -0.39 is 0 Å². The summed E-state index contributed by atoms with van der Waals surface area (Å²) in [5.41, 5.74) is 2.35. The summed E-state index contributed by atoms with van der Waals surface area (Å²) in [7, 11) is 3.55. The van der Waals surface area contributed by atoms with Crippen LogP contribution in [0, 0.1) is 0 Å². The van der Waals surface area contributed by atoms with Crippen LogP contribution in [-0.4, -0.2) is 39.0 Å². The maximum absolute atomic E-state index is 5.19. The van der Waals surface area contributed by atoms with E-state index in [1.165, 1.54) is 0 Å². The van der Waals surface area contributed by atoms with Gasteiger partial charge in [0.1, 0.15) is 5.69 Å². The van der Waals surface area contributed by atoms with E-state index in [1.807, 2.05) is 66.5 Å². The number of anilines is 2. The molecule has 0 unspecified atom stereocenters. The third-order valence-corrected chi connectivity index (χ3v) is 3.90. The van der Waals surface area contributed by atoms with Gasteiger partial charge in [-0.15, -0.1) is 15.3 Å². The molecule has 0 bridgehead atoms. The average molecular weight is 332 g/mol. The van der Waals surface area contributed by atoms with Gasteiger partial charge in [-0.05, 0) is 30.3 Å². The predicted octanol–water partition coefficient (Wildman–Crippen LogP) is 2.96. The zero-order chi connectivity index (χ0) is 17.2. The third-order valence-electron chi connectivity index (χ3n) is 3.90. The number of hydrogen-bond donors (Lipinski definition) is 0. The minimum absolute atomic E-state index is 0.520. The molecule has 0 spiro atoms. The molecule has 3 aromatic heterocycles. The van der Waals surface area contributed by atoms with E-state index in [0.29, 0.717) is 23.0 Å². The summed E-state index contributed by atoms with van der Waals surface area (Å²) in [5.74, 6) is 1.87. The van der Waals surface area contributed by atoms with Crippen LogP contribution in [0.2, 0.25) is 0 Å². The molecule has 25 heavy (non-hydrogen) atoms. The van der Waals surface area contributed by atoms with E-state index in [2.05, 4.69) is 20.3 Å². The molecule has 0 radical (unpaired) electrons. The second kappa shape index (κ2) is 6.20. The average Bonchev–Trinajstić information content (AvgIpc) is 3.11. The van der Waals surface area contributed by atoms with Crippen molar-refractivity contribution < 1.29 is 4.74 Å². The van der Waals surface area contributed by atoms with E-state index in [-0.39, 0.29) is 0 Å². The summed E-state index contributed by atoms with van der Waals surface area (Å²) in [4.78, 5) is 6.42. The van der Waals surface area contributed by atoms with Gasteiger partial charge < -0.3 is 9.64 Å². The second-order valence-electron chi connectivity index (χ2n) is 5.44. The number of hydrogen-bond acceptors (Lipinski definition) is 6. The summed E-state index contributed by atoms with van der Waals surface area (Å²) in [5, 5.41) is 13.1. The van der Waals surface area contributed by atoms with Crippen molar-refractivity contribution >= 4 is 17.2 Å². The first kappa shape index (κ1) is 15.1. The quantitative estimate of drug-likeness (QED) is 0.572. The van der Waals surface area contributed by atoms with Crippen molar-refractivity contribution in [1.29, 1.82) is 0 Å². The van der Waals surface area contributed by atoms with Crippen molar-refractivity contribution in [2.24, 2.45) is 0 Å². The van der Waals surface area contributed by atoms with Crippen LogP contribution < -0.4 is 9.64 Å². The first-order valence-corrected chi connectivity index (χ1v) is 7.79. The highest BCUT2D eigenvalue weighted by Gasteiger charge is 2.14. The molecule has 4 rings (SSSR count). The Morgan fingerprint density at radius 1 is 0.920 bits per heavy atom. The zero-order valence-corrected chi connectivity index (χ0v) is 13.9. The Balaban J connectivity index is 1.80. The minimum Gasteiger partial charge on any atom is -0.481 e. The summed E-state index contributed by atoms with van der Waals surface area (Å²) in [6, 6.07) is 19.3. The highest BCUT2D eigenvalue weighted by atomic mass is 16.5. The van der Waals surface area contributed by atoms with Crippen LogP contribution in [0.3, 0.4) is 0 Å². The number of para-hydroxylation sites is 1. The van der Waals surface area contributed by atoms with Gasteiger partial charge in [-0.2, -0.15) is 4.52 Å². The number of benzene rings is 1. The number of pyridine rings is 1. The molecule has 0 aliphatic carbocycles. The van der Waals surface area contributed by atoms with Crippen LogP contribution in [0.5, 0.6) is 5.88 Å². The van der Waals surface area contributed by atoms with Crippen LogP contribution in [0.15, 0.2) is 60.7 Å². The molecule has 0 aliphatic heterocycles. The minimum atomic E-state index is 0.520. The molecular formula is C18H16N6O. The maximum atomic E-state index is 5.19. The molecule has 124 valence electrons. The Morgan fingerprint density at radius 3 is 2.56 bits per heavy atom. The smallest absolute Gasteiger partial charge is 0.213 e. The number of ether oxygens (including phenoxy) is 1. The highest BCUT2D eigenvalue weighted by Crippen LogP contribution is 2.23. The molecule has 0 fully saturated rings. The van der Waals surface area contributed by atoms with Gasteiger partial charge in [0.2, 0.25) is 11.7 Å². The number of rotatable bonds is 4. The van der Waals surface area contributed by atoms with E-state index in [1.54, 1.807) is 17.7 Å². The predicted molar refractivity (Wildman–Crippen MR) is 95.1 cm³/mol. The van der Waals surface area contributed by atoms with Crippen LogP contribution in [0.25, 0.3) is 17.2 Å². The topological polar surface area (TPSA) is 68.4 Å². The van der Waals surface area contributed by atoms with Crippen LogP contribution in [0.1, 0.15) is 0 Å². The van der Waals surface area contributed by atoms with Gasteiger partial charge in [-0.25, -0.2) is 4.98 Å². The van der Waals surface area contributed by atoms with Gasteiger partial charge in [0, 0.05) is 18.8 Å². The summed E-state index contributed by atoms with van der Waals surface area (Å²) in [6.45, 7) is 0. The van der Waals surface area contributed by atoms with Crippen LogP contribution in [0.4, 0.5) is 11.5 Å². The number of methoxy groups -OCH3 is 1. The molecule has 7 heteroatoms. The normalized spacial score (nSPS) is 10.8. The molecule has 0 N–H and O–H groups in total. The van der Waals surface area contributed by atoms with Gasteiger partial charge >= 0.3 is 0 Å². The van der Waals surface area contributed by atoms with E-state index in [0.717, 1.165) is 11.5 Å². The lowest BCUT2D eigenvalue weighted by molar-refractivity contribution is 0.398. The Morgan fingerprint density at radius 2 is 1.76 bits per heavy atom. The Hall–Kier alpha value is -3.48. The van der Waals surface area contributed by atoms with Gasteiger partial charge in [0.25, 0.3) is 0 Å². The zero-order valence-electron chi connectivity index (χ0n) is 13.9. The molecule has 1 aromatic carbocycles. The summed E-state index contributed by atoms with van der Waals surface area (Å²) >= 11 is 0. The van der Waals surface area contributed by atoms with Crippen molar-refractivity contribution in [3.05, 3.63) is 60.7 Å². The van der Waals surface area contributed by atoms with Crippen LogP contribution >= 0.6 is 0 Å². The van der Waals surface area contributed by atoms with Crippen LogP contribution in [-0.2, 0) is 0 Å². The third kappa shape index (κ3) is 2.76. The number of nitrogens with zero attached hydrogens (tertiary/aromatic N) is 6. The van der Waals surface area contributed by atoms with Crippen molar-refractivity contribution in [3.8, 4) is 17.4 Å². The molecule has 0 amide bonds. The Labute approximate surface area is 144 Å². The Bertz CT molecular complexity index is 1010. The summed E-state index contributed by atoms with van der Waals surface area (Å²) < 4.78 is 6.88. The molecule has 0 atom stereocenters. The standard InChI is InChI=1S/C18H16N6O/c1-23(13-7-4-3-5-8-13)16-12-11-15-20-21-18(24(15)22-16)14-9-6-10-17(19-14)25-2/h3-12H,1-2H3. The monoisotopic (exact) mass is 332 g/mol. The van der Waals surface area contributed by atoms with E-state index in [4.69, 9.17) is 4.74 Å². The number of aromatic nitrogens is 5. The maximum Gasteiger partial charge on any atom is 0.213 e. The van der Waals surface area contributed by atoms with Gasteiger partial charge in [0.05, 0.1) is 7.11 Å². The first-order chi connectivity index (χ1) is 12.3. The number of fused-ring (bicyclic) bond motifs is 1. The molecule has 4 aromatic rings. The van der Waals surface area contributed by atoms with E-state index >= 15 is 0 Å². The van der Waals surface area contributed by atoms with Crippen molar-refractivity contribution in [2.45, 2.75) is 0 Å². The van der Waals surface area contributed by atoms with Gasteiger partial charge in [-0.1, -0.05) is 24.3 Å². The lowest BCUT2D eigenvalue weighted by Gasteiger charge is -2.18. The van der Waals surface area contributed by atoms with Gasteiger partial charge in [-0.3, -0.25) is 0 Å². The Kier molecular flexibility index (Phi) is 3.74. The molecule has 0 saturated heterocycles. The SMILES string of the molecule is COc1cccc(-c2nnc3ccc(N(C)c4ccccc4)nn23)n1. The largest absolute Gasteiger partial charge is 0.481 e. The van der Waals surface area contributed by atoms with E-state index in [9.17, 15) is 0 Å². The fraction of sp³-hybridized carbons (Fsp3) is 0.111. The van der Waals surface area contributed by atoms with Gasteiger partial charge in [0.15, 0.2) is 11.5 Å².